The maximum absolute atomic E-state index is 9.47. The van der Waals surface area contributed by atoms with Crippen molar-refractivity contribution in [3.63, 3.8) is 0 Å². The van der Waals surface area contributed by atoms with E-state index >= 15 is 0 Å². The molecular formula is C19H30N4OS. The Bertz CT molecular complexity index is 625. The van der Waals surface area contributed by atoms with E-state index in [4.69, 9.17) is 0 Å². The highest BCUT2D eigenvalue weighted by Crippen LogP contribution is 2.19. The van der Waals surface area contributed by atoms with Crippen molar-refractivity contribution in [1.82, 2.24) is 20.0 Å². The van der Waals surface area contributed by atoms with Gasteiger partial charge < -0.3 is 5.11 Å². The van der Waals surface area contributed by atoms with Crippen LogP contribution in [0.2, 0.25) is 0 Å². The highest BCUT2D eigenvalue weighted by atomic mass is 32.1. The van der Waals surface area contributed by atoms with Gasteiger partial charge in [-0.25, -0.2) is 0 Å². The number of aliphatic hydroxyl groups is 1. The number of H-pyrrole nitrogens is 1. The average Bonchev–Trinajstić information content (AvgIpc) is 3.22. The summed E-state index contributed by atoms with van der Waals surface area (Å²) in [5.41, 5.74) is 3.74. The number of piperazine rings is 1. The molecule has 0 amide bonds. The zero-order valence-electron chi connectivity index (χ0n) is 15.3. The largest absolute Gasteiger partial charge is 0.396 e. The zero-order valence-corrected chi connectivity index (χ0v) is 16.1. The van der Waals surface area contributed by atoms with Crippen LogP contribution >= 0.6 is 11.3 Å². The fraction of sp³-hybridized carbons (Fsp3) is 0.632. The van der Waals surface area contributed by atoms with Crippen LogP contribution in [0.4, 0.5) is 0 Å². The molecule has 0 bridgehead atoms. The first kappa shape index (κ1) is 18.6. The Labute approximate surface area is 154 Å². The Hall–Kier alpha value is -1.21. The molecule has 0 aromatic carbocycles. The van der Waals surface area contributed by atoms with Crippen LogP contribution in [0.1, 0.15) is 37.2 Å². The molecule has 0 spiro atoms. The summed E-state index contributed by atoms with van der Waals surface area (Å²) < 4.78 is 0. The van der Waals surface area contributed by atoms with Crippen LogP contribution in [0.15, 0.2) is 22.9 Å². The normalized spacial score (nSPS) is 19.8. The second kappa shape index (κ2) is 8.94. The highest BCUT2D eigenvalue weighted by Gasteiger charge is 2.27. The third-order valence-corrected chi connectivity index (χ3v) is 5.54. The minimum absolute atomic E-state index is 0.251. The third-order valence-electron chi connectivity index (χ3n) is 4.81. The minimum atomic E-state index is 0.251. The number of hydrogen-bond donors (Lipinski definition) is 2. The molecule has 25 heavy (non-hydrogen) atoms. The van der Waals surface area contributed by atoms with Gasteiger partial charge in [0.25, 0.3) is 0 Å². The number of aromatic amines is 1. The lowest BCUT2D eigenvalue weighted by Gasteiger charge is -2.41. The van der Waals surface area contributed by atoms with Crippen molar-refractivity contribution in [1.29, 1.82) is 0 Å². The summed E-state index contributed by atoms with van der Waals surface area (Å²) >= 11 is 1.75. The zero-order chi connectivity index (χ0) is 17.6. The summed E-state index contributed by atoms with van der Waals surface area (Å²) in [6.45, 7) is 9.72. The summed E-state index contributed by atoms with van der Waals surface area (Å²) in [6.07, 6.45) is 1.86. The van der Waals surface area contributed by atoms with Crippen molar-refractivity contribution in [2.75, 3.05) is 26.2 Å². The van der Waals surface area contributed by atoms with E-state index in [0.717, 1.165) is 51.3 Å². The first-order chi connectivity index (χ1) is 12.1. The number of hydrogen-bond acceptors (Lipinski definition) is 5. The van der Waals surface area contributed by atoms with Crippen molar-refractivity contribution in [3.8, 4) is 0 Å². The van der Waals surface area contributed by atoms with E-state index < -0.39 is 0 Å². The molecule has 0 radical (unpaired) electrons. The molecule has 138 valence electrons. The second-order valence-electron chi connectivity index (χ2n) is 7.49. The summed E-state index contributed by atoms with van der Waals surface area (Å²) in [7, 11) is 0. The van der Waals surface area contributed by atoms with Crippen molar-refractivity contribution in [2.45, 2.75) is 45.8 Å². The van der Waals surface area contributed by atoms with Gasteiger partial charge in [0.2, 0.25) is 0 Å². The van der Waals surface area contributed by atoms with E-state index in [2.05, 4.69) is 56.7 Å². The smallest absolute Gasteiger partial charge is 0.0628 e. The molecule has 1 atom stereocenters. The SMILES string of the molecule is CC(C)Cc1cc(CN2CCN(Cc3ccsc3)[C@H](CCO)C2)[nH]n1. The second-order valence-corrected chi connectivity index (χ2v) is 8.27. The van der Waals surface area contributed by atoms with Crippen molar-refractivity contribution >= 4 is 11.3 Å². The summed E-state index contributed by atoms with van der Waals surface area (Å²) in [4.78, 5) is 5.00. The Kier molecular flexibility index (Phi) is 6.64. The Balaban J connectivity index is 1.56. The topological polar surface area (TPSA) is 55.4 Å². The molecular weight excluding hydrogens is 332 g/mol. The Morgan fingerprint density at radius 3 is 2.96 bits per heavy atom. The molecule has 0 aliphatic carbocycles. The van der Waals surface area contributed by atoms with Gasteiger partial charge in [0, 0.05) is 51.1 Å². The molecule has 1 aliphatic rings. The third kappa shape index (κ3) is 5.38. The Morgan fingerprint density at radius 2 is 2.24 bits per heavy atom. The quantitative estimate of drug-likeness (QED) is 0.758. The molecule has 0 unspecified atom stereocenters. The number of nitrogens with zero attached hydrogens (tertiary/aromatic N) is 3. The van der Waals surface area contributed by atoms with Gasteiger partial charge in [-0.15, -0.1) is 0 Å². The van der Waals surface area contributed by atoms with E-state index in [-0.39, 0.29) is 6.61 Å². The highest BCUT2D eigenvalue weighted by molar-refractivity contribution is 7.07. The van der Waals surface area contributed by atoms with Crippen LogP contribution in [0, 0.1) is 5.92 Å². The predicted molar refractivity (Wildman–Crippen MR) is 103 cm³/mol. The predicted octanol–water partition coefficient (Wildman–Crippen LogP) is 2.74. The van der Waals surface area contributed by atoms with Gasteiger partial charge in [0.15, 0.2) is 0 Å². The lowest BCUT2D eigenvalue weighted by molar-refractivity contribution is 0.0495. The van der Waals surface area contributed by atoms with Crippen LogP contribution in [-0.2, 0) is 19.5 Å². The van der Waals surface area contributed by atoms with Gasteiger partial charge in [0.1, 0.15) is 0 Å². The van der Waals surface area contributed by atoms with E-state index in [0.29, 0.717) is 12.0 Å². The maximum atomic E-state index is 9.47. The molecule has 3 rings (SSSR count). The van der Waals surface area contributed by atoms with Crippen molar-refractivity contribution in [2.24, 2.45) is 5.92 Å². The fourth-order valence-corrected chi connectivity index (χ4v) is 4.26. The number of nitrogens with one attached hydrogen (secondary N) is 1. The Morgan fingerprint density at radius 1 is 1.36 bits per heavy atom. The molecule has 2 aromatic heterocycles. The van der Waals surface area contributed by atoms with Gasteiger partial charge in [-0.3, -0.25) is 14.9 Å². The lowest BCUT2D eigenvalue weighted by Crippen LogP contribution is -2.52. The summed E-state index contributed by atoms with van der Waals surface area (Å²) in [5, 5.41) is 21.5. The molecule has 2 N–H and O–H groups in total. The maximum Gasteiger partial charge on any atom is 0.0628 e. The number of aromatic nitrogens is 2. The van der Waals surface area contributed by atoms with E-state index in [1.807, 2.05) is 0 Å². The molecule has 3 heterocycles. The van der Waals surface area contributed by atoms with Crippen LogP contribution in [-0.4, -0.2) is 57.4 Å². The van der Waals surface area contributed by atoms with Crippen LogP contribution < -0.4 is 0 Å². The molecule has 1 saturated heterocycles. The first-order valence-electron chi connectivity index (χ1n) is 9.25. The average molecular weight is 363 g/mol. The standard InChI is InChI=1S/C19H30N4OS/c1-15(2)9-17-10-18(21-20-17)12-22-5-6-23(19(13-22)3-7-24)11-16-4-8-25-14-16/h4,8,10,14-15,19,24H,3,5-7,9,11-13H2,1-2H3,(H,20,21)/t19-/m1/s1. The molecule has 1 aliphatic heterocycles. The fourth-order valence-electron chi connectivity index (χ4n) is 3.60. The van der Waals surface area contributed by atoms with Gasteiger partial charge in [0.05, 0.1) is 5.69 Å². The number of rotatable bonds is 8. The van der Waals surface area contributed by atoms with Crippen LogP contribution in [0.3, 0.4) is 0 Å². The van der Waals surface area contributed by atoms with Gasteiger partial charge in [-0.05, 0) is 47.2 Å². The first-order valence-corrected chi connectivity index (χ1v) is 10.2. The van der Waals surface area contributed by atoms with Gasteiger partial charge in [-0.2, -0.15) is 16.4 Å². The molecule has 6 heteroatoms. The van der Waals surface area contributed by atoms with E-state index in [9.17, 15) is 5.11 Å². The summed E-state index contributed by atoms with van der Waals surface area (Å²) in [6, 6.07) is 4.82. The molecule has 0 saturated carbocycles. The molecule has 2 aromatic rings. The van der Waals surface area contributed by atoms with E-state index in [1.54, 1.807) is 11.3 Å². The van der Waals surface area contributed by atoms with Crippen molar-refractivity contribution in [3.05, 3.63) is 39.8 Å². The van der Waals surface area contributed by atoms with Crippen molar-refractivity contribution < 1.29 is 5.11 Å². The van der Waals surface area contributed by atoms with E-state index in [1.165, 1.54) is 11.3 Å². The minimum Gasteiger partial charge on any atom is -0.396 e. The monoisotopic (exact) mass is 362 g/mol. The summed E-state index contributed by atoms with van der Waals surface area (Å²) in [5.74, 6) is 0.630. The van der Waals surface area contributed by atoms with Gasteiger partial charge in [-0.1, -0.05) is 13.8 Å². The molecule has 1 fully saturated rings. The number of thiophene rings is 1. The molecule has 5 nitrogen and oxygen atoms in total. The lowest BCUT2D eigenvalue weighted by atomic mass is 10.1. The van der Waals surface area contributed by atoms with Gasteiger partial charge >= 0.3 is 0 Å². The number of aliphatic hydroxyl groups excluding tert-OH is 1. The van der Waals surface area contributed by atoms with Crippen LogP contribution in [0.25, 0.3) is 0 Å². The van der Waals surface area contributed by atoms with Crippen LogP contribution in [0.5, 0.6) is 0 Å².